The van der Waals surface area contributed by atoms with Gasteiger partial charge in [-0.05, 0) is 18.2 Å². The van der Waals surface area contributed by atoms with E-state index in [1.807, 2.05) is 0 Å². The summed E-state index contributed by atoms with van der Waals surface area (Å²) in [5.41, 5.74) is 0.621. The number of hydrogen-bond acceptors (Lipinski definition) is 10. The van der Waals surface area contributed by atoms with Gasteiger partial charge < -0.3 is 29.4 Å². The molecule has 0 radical (unpaired) electrons. The summed E-state index contributed by atoms with van der Waals surface area (Å²) in [4.78, 5) is 29.9. The van der Waals surface area contributed by atoms with Crippen molar-refractivity contribution in [3.63, 3.8) is 0 Å². The lowest BCUT2D eigenvalue weighted by Crippen LogP contribution is -2.65. The zero-order valence-electron chi connectivity index (χ0n) is 16.6. The number of amides is 1. The predicted molar refractivity (Wildman–Crippen MR) is 111 cm³/mol. The molecule has 5 rings (SSSR count). The molecule has 2 aliphatic heterocycles. The van der Waals surface area contributed by atoms with Gasteiger partial charge in [-0.2, -0.15) is 5.48 Å². The van der Waals surface area contributed by atoms with Crippen molar-refractivity contribution >= 4 is 34.3 Å². The molecule has 1 aliphatic carbocycles. The quantitative estimate of drug-likeness (QED) is 0.386. The van der Waals surface area contributed by atoms with Crippen LogP contribution in [0.1, 0.15) is 6.42 Å². The summed E-state index contributed by atoms with van der Waals surface area (Å²) in [5.74, 6) is 0.0964. The number of methoxy groups -OCH3 is 2. The minimum Gasteiger partial charge on any atom is -0.493 e. The maximum Gasteiger partial charge on any atom is 0.360 e. The van der Waals surface area contributed by atoms with E-state index < -0.39 is 39.5 Å². The second kappa shape index (κ2) is 6.97. The van der Waals surface area contributed by atoms with E-state index in [1.54, 1.807) is 18.2 Å². The summed E-state index contributed by atoms with van der Waals surface area (Å²) in [6.45, 7) is 0. The predicted octanol–water partition coefficient (Wildman–Crippen LogP) is 0.516. The Kier molecular flexibility index (Phi) is 4.57. The van der Waals surface area contributed by atoms with Crippen LogP contribution >= 0.6 is 11.8 Å². The maximum absolute atomic E-state index is 13.2. The molecule has 164 valence electrons. The molecule has 0 spiro atoms. The Hall–Kier alpha value is -2.57. The maximum atomic E-state index is 13.2. The Labute approximate surface area is 180 Å². The third kappa shape index (κ3) is 2.88. The second-order valence-electron chi connectivity index (χ2n) is 7.67. The standard InChI is InChI=1S/C20H20N2O8S/c1-27-12-5-3-9-7-10(17(24)29-14(9)15(12)28-2)21-18(25)20-8-19(26)13(31-20)6-4-11(23)16(19)30-22-20/h3-7,11,13,16,22-23,26H,8H2,1-2H3,(H,21,25)/t11-,13-,16+,19+,20-/m1/s1. The zero-order chi connectivity index (χ0) is 22.0. The first-order valence-corrected chi connectivity index (χ1v) is 10.4. The summed E-state index contributed by atoms with van der Waals surface area (Å²) in [6, 6.07) is 4.82. The lowest BCUT2D eigenvalue weighted by atomic mass is 9.79. The third-order valence-electron chi connectivity index (χ3n) is 5.85. The van der Waals surface area contributed by atoms with Crippen molar-refractivity contribution in [2.45, 2.75) is 34.4 Å². The molecule has 0 unspecified atom stereocenters. The van der Waals surface area contributed by atoms with Crippen molar-refractivity contribution in [1.82, 2.24) is 5.48 Å². The van der Waals surface area contributed by atoms with Gasteiger partial charge in [0.2, 0.25) is 5.75 Å². The normalized spacial score (nSPS) is 33.4. The molecule has 1 aromatic heterocycles. The number of aliphatic hydroxyl groups excluding tert-OH is 1. The number of benzene rings is 1. The highest BCUT2D eigenvalue weighted by Crippen LogP contribution is 2.55. The average molecular weight is 448 g/mol. The van der Waals surface area contributed by atoms with E-state index in [9.17, 15) is 19.8 Å². The van der Waals surface area contributed by atoms with Gasteiger partial charge in [-0.15, -0.1) is 11.8 Å². The van der Waals surface area contributed by atoms with Crippen molar-refractivity contribution in [3.05, 3.63) is 40.8 Å². The van der Waals surface area contributed by atoms with Crippen molar-refractivity contribution in [2.24, 2.45) is 0 Å². The highest BCUT2D eigenvalue weighted by molar-refractivity contribution is 8.02. The molecular formula is C20H20N2O8S. The van der Waals surface area contributed by atoms with Gasteiger partial charge in [-0.3, -0.25) is 9.63 Å². The van der Waals surface area contributed by atoms with E-state index in [0.29, 0.717) is 11.1 Å². The summed E-state index contributed by atoms with van der Waals surface area (Å²) in [6.07, 6.45) is 1.31. The largest absolute Gasteiger partial charge is 0.493 e. The molecule has 1 aromatic carbocycles. The van der Waals surface area contributed by atoms with E-state index in [4.69, 9.17) is 18.7 Å². The van der Waals surface area contributed by atoms with Crippen LogP contribution in [0.3, 0.4) is 0 Å². The van der Waals surface area contributed by atoms with E-state index in [2.05, 4.69) is 10.8 Å². The summed E-state index contributed by atoms with van der Waals surface area (Å²) < 4.78 is 15.9. The van der Waals surface area contributed by atoms with Crippen molar-refractivity contribution in [1.29, 1.82) is 0 Å². The first kappa shape index (κ1) is 20.3. The summed E-state index contributed by atoms with van der Waals surface area (Å²) in [5, 5.41) is 23.8. The number of ether oxygens (including phenoxy) is 2. The van der Waals surface area contributed by atoms with E-state index in [1.165, 1.54) is 38.1 Å². The SMILES string of the molecule is COc1ccc2cc(NC(=O)[C@]34C[C@]5(O)[C@@H](C=C[C@@H](O)[C@@H]5ON3)S4)c(=O)oc2c1OC. The summed E-state index contributed by atoms with van der Waals surface area (Å²) in [7, 11) is 2.90. The van der Waals surface area contributed by atoms with Crippen LogP contribution in [0.2, 0.25) is 0 Å². The lowest BCUT2D eigenvalue weighted by Gasteiger charge is -2.43. The van der Waals surface area contributed by atoms with Gasteiger partial charge in [0.1, 0.15) is 23.5 Å². The number of aliphatic hydroxyl groups is 2. The number of hydrogen-bond donors (Lipinski definition) is 4. The van der Waals surface area contributed by atoms with E-state index in [-0.39, 0.29) is 23.4 Å². The van der Waals surface area contributed by atoms with Crippen LogP contribution in [0.15, 0.2) is 39.6 Å². The lowest BCUT2D eigenvalue weighted by molar-refractivity contribution is -0.216. The van der Waals surface area contributed by atoms with Crippen molar-refractivity contribution in [3.8, 4) is 11.5 Å². The van der Waals surface area contributed by atoms with Gasteiger partial charge in [0, 0.05) is 11.8 Å². The molecule has 0 saturated carbocycles. The molecule has 31 heavy (non-hydrogen) atoms. The first-order valence-electron chi connectivity index (χ1n) is 9.51. The summed E-state index contributed by atoms with van der Waals surface area (Å²) >= 11 is 1.17. The molecule has 1 amide bonds. The van der Waals surface area contributed by atoms with Gasteiger partial charge in [0.25, 0.3) is 5.91 Å². The van der Waals surface area contributed by atoms with Crippen LogP contribution in [-0.4, -0.2) is 58.3 Å². The Bertz CT molecular complexity index is 1170. The molecule has 5 atom stereocenters. The molecule has 3 heterocycles. The minimum atomic E-state index is -1.42. The van der Waals surface area contributed by atoms with Crippen LogP contribution in [0, 0.1) is 0 Å². The minimum absolute atomic E-state index is 0.00281. The Morgan fingerprint density at radius 2 is 2.13 bits per heavy atom. The number of hydroxylamine groups is 1. The number of thioether (sulfide) groups is 1. The number of rotatable bonds is 4. The molecule has 2 saturated heterocycles. The van der Waals surface area contributed by atoms with Crippen LogP contribution in [-0.2, 0) is 9.63 Å². The monoisotopic (exact) mass is 448 g/mol. The van der Waals surface area contributed by atoms with Gasteiger partial charge >= 0.3 is 5.63 Å². The number of anilines is 1. The van der Waals surface area contributed by atoms with Gasteiger partial charge in [0.15, 0.2) is 16.2 Å². The number of carbonyl (C=O) groups is 1. The van der Waals surface area contributed by atoms with E-state index in [0.717, 1.165) is 0 Å². The van der Waals surface area contributed by atoms with E-state index >= 15 is 0 Å². The van der Waals surface area contributed by atoms with Crippen LogP contribution in [0.4, 0.5) is 5.69 Å². The third-order valence-corrected chi connectivity index (χ3v) is 7.48. The van der Waals surface area contributed by atoms with Crippen LogP contribution in [0.25, 0.3) is 11.0 Å². The molecule has 10 nitrogen and oxygen atoms in total. The van der Waals surface area contributed by atoms with Gasteiger partial charge in [0.05, 0.1) is 19.5 Å². The fourth-order valence-corrected chi connectivity index (χ4v) is 5.91. The number of carbonyl (C=O) groups excluding carboxylic acids is 1. The van der Waals surface area contributed by atoms with Gasteiger partial charge in [-0.1, -0.05) is 12.2 Å². The molecule has 3 aliphatic rings. The number of nitrogens with one attached hydrogen (secondary N) is 2. The fourth-order valence-electron chi connectivity index (χ4n) is 4.32. The molecule has 2 bridgehead atoms. The fraction of sp³-hybridized carbons (Fsp3) is 0.400. The molecule has 2 aromatic rings. The Morgan fingerprint density at radius 3 is 2.87 bits per heavy atom. The molecule has 11 heteroatoms. The van der Waals surface area contributed by atoms with Gasteiger partial charge in [-0.25, -0.2) is 4.79 Å². The number of fused-ring (bicyclic) bond motifs is 2. The van der Waals surface area contributed by atoms with Crippen LogP contribution in [0.5, 0.6) is 11.5 Å². The zero-order valence-corrected chi connectivity index (χ0v) is 17.4. The Morgan fingerprint density at radius 1 is 1.32 bits per heavy atom. The average Bonchev–Trinajstić information content (AvgIpc) is 3.03. The molecular weight excluding hydrogens is 428 g/mol. The van der Waals surface area contributed by atoms with Crippen LogP contribution < -0.4 is 25.9 Å². The van der Waals surface area contributed by atoms with Crippen molar-refractivity contribution < 1.29 is 33.7 Å². The molecule has 2 fully saturated rings. The van der Waals surface area contributed by atoms with Crippen molar-refractivity contribution in [2.75, 3.05) is 19.5 Å². The highest BCUT2D eigenvalue weighted by atomic mass is 32.2. The smallest absolute Gasteiger partial charge is 0.360 e. The second-order valence-corrected chi connectivity index (χ2v) is 9.11. The Balaban J connectivity index is 1.47. The highest BCUT2D eigenvalue weighted by Gasteiger charge is 2.67. The molecule has 4 N–H and O–H groups in total. The first-order chi connectivity index (χ1) is 14.8. The topological polar surface area (TPSA) is 139 Å².